The normalized spacial score (nSPS) is 9.78. The molecule has 0 amide bonds. The fraction of sp³-hybridized carbons (Fsp3) is 0. The number of allylic oxidation sites excluding steroid dienone is 3. The minimum Gasteiger partial charge on any atom is -0.256 e. The molecule has 0 aliphatic rings. The SMILES string of the molecule is C=C=CN=C/C=C\C=C. The first-order chi connectivity index (χ1) is 4.41. The molecule has 0 aliphatic heterocycles. The van der Waals surface area contributed by atoms with E-state index in [1.165, 1.54) is 6.20 Å². The van der Waals surface area contributed by atoms with Gasteiger partial charge in [-0.05, 0) is 6.08 Å². The molecule has 0 saturated heterocycles. The van der Waals surface area contributed by atoms with E-state index in [4.69, 9.17) is 0 Å². The zero-order valence-corrected chi connectivity index (χ0v) is 5.25. The second kappa shape index (κ2) is 6.67. The summed E-state index contributed by atoms with van der Waals surface area (Å²) >= 11 is 0. The second-order valence-electron chi connectivity index (χ2n) is 1.25. The van der Waals surface area contributed by atoms with E-state index in [2.05, 4.69) is 23.9 Å². The summed E-state index contributed by atoms with van der Waals surface area (Å²) in [5, 5.41) is 0. The van der Waals surface area contributed by atoms with E-state index in [0.29, 0.717) is 0 Å². The Bertz CT molecular complexity index is 169. The van der Waals surface area contributed by atoms with E-state index in [0.717, 1.165) is 0 Å². The van der Waals surface area contributed by atoms with Gasteiger partial charge in [0.15, 0.2) is 0 Å². The van der Waals surface area contributed by atoms with Gasteiger partial charge in [-0.2, -0.15) is 0 Å². The third-order valence-electron chi connectivity index (χ3n) is 0.585. The van der Waals surface area contributed by atoms with Crippen LogP contribution in [0.4, 0.5) is 0 Å². The predicted octanol–water partition coefficient (Wildman–Crippen LogP) is 2.10. The highest BCUT2D eigenvalue weighted by atomic mass is 14.6. The first-order valence-electron chi connectivity index (χ1n) is 2.57. The molecule has 0 atom stereocenters. The smallest absolute Gasteiger partial charge is 0.0680 e. The molecule has 1 nitrogen and oxygen atoms in total. The Labute approximate surface area is 55.4 Å². The minimum absolute atomic E-state index is 1.49. The highest BCUT2D eigenvalue weighted by molar-refractivity contribution is 5.71. The molecule has 0 rings (SSSR count). The zero-order valence-electron chi connectivity index (χ0n) is 5.25. The van der Waals surface area contributed by atoms with Crippen LogP contribution in [0.2, 0.25) is 0 Å². The molecule has 0 fully saturated rings. The van der Waals surface area contributed by atoms with Crippen molar-refractivity contribution in [2.45, 2.75) is 0 Å². The van der Waals surface area contributed by atoms with Crippen LogP contribution in [0.15, 0.2) is 48.3 Å². The first kappa shape index (κ1) is 7.67. The highest BCUT2D eigenvalue weighted by Gasteiger charge is 1.56. The lowest BCUT2D eigenvalue weighted by molar-refractivity contribution is 1.62. The summed E-state index contributed by atoms with van der Waals surface area (Å²) in [6, 6.07) is 0. The standard InChI is InChI=1S/C8H9N/c1-3-5-6-8-9-7-4-2/h3,5-8H,1-2H2/b6-5-,9-8?. The van der Waals surface area contributed by atoms with Gasteiger partial charge in [-0.1, -0.05) is 25.3 Å². The molecule has 0 aliphatic carbocycles. The van der Waals surface area contributed by atoms with Gasteiger partial charge in [0.1, 0.15) is 0 Å². The largest absolute Gasteiger partial charge is 0.256 e. The topological polar surface area (TPSA) is 12.4 Å². The lowest BCUT2D eigenvalue weighted by Crippen LogP contribution is -1.57. The molecular formula is C8H9N. The highest BCUT2D eigenvalue weighted by Crippen LogP contribution is 1.70. The molecule has 0 heterocycles. The molecule has 0 N–H and O–H groups in total. The van der Waals surface area contributed by atoms with Crippen molar-refractivity contribution in [3.63, 3.8) is 0 Å². The van der Waals surface area contributed by atoms with Crippen LogP contribution < -0.4 is 0 Å². The lowest BCUT2D eigenvalue weighted by atomic mass is 10.5. The maximum absolute atomic E-state index is 3.77. The molecule has 0 aromatic heterocycles. The Balaban J connectivity index is 3.58. The van der Waals surface area contributed by atoms with Crippen molar-refractivity contribution in [3.05, 3.63) is 43.3 Å². The predicted molar refractivity (Wildman–Crippen MR) is 41.5 cm³/mol. The van der Waals surface area contributed by atoms with Crippen molar-refractivity contribution >= 4 is 6.21 Å². The fourth-order valence-corrected chi connectivity index (χ4v) is 0.274. The van der Waals surface area contributed by atoms with Crippen molar-refractivity contribution in [3.8, 4) is 0 Å². The van der Waals surface area contributed by atoms with Crippen LogP contribution in [0.1, 0.15) is 0 Å². The van der Waals surface area contributed by atoms with E-state index < -0.39 is 0 Å². The van der Waals surface area contributed by atoms with Crippen LogP contribution in [0, 0.1) is 0 Å². The van der Waals surface area contributed by atoms with Gasteiger partial charge >= 0.3 is 0 Å². The lowest BCUT2D eigenvalue weighted by Gasteiger charge is -1.68. The molecule has 0 spiro atoms. The third kappa shape index (κ3) is 6.67. The van der Waals surface area contributed by atoms with E-state index in [9.17, 15) is 0 Å². The van der Waals surface area contributed by atoms with Gasteiger partial charge in [-0.3, -0.25) is 4.99 Å². The summed E-state index contributed by atoms with van der Waals surface area (Å²) in [5.41, 5.74) is 2.51. The number of aliphatic imine (C=N–C) groups is 1. The number of nitrogens with zero attached hydrogens (tertiary/aromatic N) is 1. The van der Waals surface area contributed by atoms with Crippen LogP contribution in [0.25, 0.3) is 0 Å². The average molecular weight is 119 g/mol. The summed E-state index contributed by atoms with van der Waals surface area (Å²) < 4.78 is 0. The molecule has 0 unspecified atom stereocenters. The van der Waals surface area contributed by atoms with E-state index in [1.807, 2.05) is 0 Å². The monoisotopic (exact) mass is 119 g/mol. The number of rotatable bonds is 3. The van der Waals surface area contributed by atoms with Gasteiger partial charge in [-0.25, -0.2) is 0 Å². The summed E-state index contributed by atoms with van der Waals surface area (Å²) in [6.07, 6.45) is 8.39. The van der Waals surface area contributed by atoms with Gasteiger partial charge in [-0.15, -0.1) is 5.73 Å². The maximum atomic E-state index is 3.77. The quantitative estimate of drug-likeness (QED) is 0.306. The maximum Gasteiger partial charge on any atom is 0.0680 e. The third-order valence-corrected chi connectivity index (χ3v) is 0.585. The van der Waals surface area contributed by atoms with Crippen molar-refractivity contribution in [1.82, 2.24) is 0 Å². The van der Waals surface area contributed by atoms with Crippen LogP contribution in [0.3, 0.4) is 0 Å². The van der Waals surface area contributed by atoms with Crippen LogP contribution in [0.5, 0.6) is 0 Å². The van der Waals surface area contributed by atoms with E-state index in [1.54, 1.807) is 24.4 Å². The molecule has 46 valence electrons. The average Bonchev–Trinajstić information content (AvgIpc) is 1.89. The second-order valence-corrected chi connectivity index (χ2v) is 1.25. The Hall–Kier alpha value is -1.33. The van der Waals surface area contributed by atoms with Gasteiger partial charge in [0.05, 0.1) is 6.20 Å². The molecule has 0 bridgehead atoms. The molecule has 0 radical (unpaired) electrons. The molecule has 0 saturated carbocycles. The zero-order chi connectivity index (χ0) is 6.95. The Morgan fingerprint density at radius 3 is 2.67 bits per heavy atom. The van der Waals surface area contributed by atoms with E-state index >= 15 is 0 Å². The van der Waals surface area contributed by atoms with Gasteiger partial charge in [0.25, 0.3) is 0 Å². The van der Waals surface area contributed by atoms with Crippen molar-refractivity contribution in [1.29, 1.82) is 0 Å². The van der Waals surface area contributed by atoms with Crippen LogP contribution in [-0.4, -0.2) is 6.21 Å². The van der Waals surface area contributed by atoms with Gasteiger partial charge in [0, 0.05) is 6.21 Å². The summed E-state index contributed by atoms with van der Waals surface area (Å²) in [4.78, 5) is 3.77. The first-order valence-corrected chi connectivity index (χ1v) is 2.57. The Morgan fingerprint density at radius 1 is 1.33 bits per heavy atom. The van der Waals surface area contributed by atoms with Gasteiger partial charge < -0.3 is 0 Å². The Morgan fingerprint density at radius 2 is 2.11 bits per heavy atom. The summed E-state index contributed by atoms with van der Waals surface area (Å²) in [7, 11) is 0. The molecule has 9 heavy (non-hydrogen) atoms. The Kier molecular flexibility index (Phi) is 5.68. The summed E-state index contributed by atoms with van der Waals surface area (Å²) in [5.74, 6) is 0. The fourth-order valence-electron chi connectivity index (χ4n) is 0.274. The van der Waals surface area contributed by atoms with Crippen LogP contribution >= 0.6 is 0 Å². The van der Waals surface area contributed by atoms with Gasteiger partial charge in [0.2, 0.25) is 0 Å². The molecular weight excluding hydrogens is 110 g/mol. The van der Waals surface area contributed by atoms with Crippen molar-refractivity contribution < 1.29 is 0 Å². The van der Waals surface area contributed by atoms with Crippen molar-refractivity contribution in [2.24, 2.45) is 4.99 Å². The minimum atomic E-state index is 1.49. The summed E-state index contributed by atoms with van der Waals surface area (Å²) in [6.45, 7) is 6.83. The molecule has 0 aromatic rings. The molecule has 0 aromatic carbocycles. The van der Waals surface area contributed by atoms with Crippen molar-refractivity contribution in [2.75, 3.05) is 0 Å². The number of hydrogen-bond donors (Lipinski definition) is 0. The molecule has 1 heteroatoms. The van der Waals surface area contributed by atoms with Crippen LogP contribution in [-0.2, 0) is 0 Å². The van der Waals surface area contributed by atoms with E-state index in [-0.39, 0.29) is 0 Å². The number of hydrogen-bond acceptors (Lipinski definition) is 1.